The summed E-state index contributed by atoms with van der Waals surface area (Å²) in [7, 11) is 0. The Kier molecular flexibility index (Phi) is 17.1. The standard InChI is InChI=1S/C81H84N4O8/c1-5-9-13-20-26-48(27-21-14-10-6-2)84-78(90)62-42-34-54-50-30-38-58-70-59(39-31-51(66(50)70)55-35-43-63(79(84)91)72(62)68(54)55)75(87)82(74(58)86)46-24-18-17-19-25-47-83-76(88)60-40-32-52-56-36-44-64-73-65(45-37-57(69(56)73)53-33-41-61(77(83)89)71(60)67(52)53)81(93)85(80(64)92)49(28-22-15-11-7-3)29-23-16-12-8-4/h30-45,48-49H,5-29,46-47H2,1-4H3. The van der Waals surface area contributed by atoms with E-state index in [1.165, 1.54) is 9.80 Å². The molecule has 0 saturated carbocycles. The number of fused-ring (bicyclic) bond motifs is 4. The number of carbonyl (C=O) groups is 8. The molecule has 10 aromatic carbocycles. The number of rotatable bonds is 30. The summed E-state index contributed by atoms with van der Waals surface area (Å²) in [5.74, 6) is -2.25. The van der Waals surface area contributed by atoms with E-state index in [0.717, 1.165) is 212 Å². The van der Waals surface area contributed by atoms with Gasteiger partial charge in [0.25, 0.3) is 47.3 Å². The number of amides is 8. The predicted octanol–water partition coefficient (Wildman–Crippen LogP) is 19.4. The molecule has 10 aromatic rings. The summed E-state index contributed by atoms with van der Waals surface area (Å²) in [4.78, 5) is 122. The van der Waals surface area contributed by atoms with Gasteiger partial charge < -0.3 is 0 Å². The summed E-state index contributed by atoms with van der Waals surface area (Å²) in [6, 6.07) is 30.3. The topological polar surface area (TPSA) is 150 Å². The van der Waals surface area contributed by atoms with E-state index < -0.39 is 0 Å². The van der Waals surface area contributed by atoms with Crippen LogP contribution in [-0.4, -0.2) is 92.0 Å². The van der Waals surface area contributed by atoms with Crippen molar-refractivity contribution in [3.8, 4) is 0 Å². The molecule has 0 radical (unpaired) electrons. The molecule has 0 spiro atoms. The van der Waals surface area contributed by atoms with Crippen LogP contribution in [0.4, 0.5) is 0 Å². The largest absolute Gasteiger partial charge is 0.274 e. The number of hydrogen-bond donors (Lipinski definition) is 0. The first-order valence-electron chi connectivity index (χ1n) is 35.3. The molecule has 4 aliphatic heterocycles. The normalized spacial score (nSPS) is 15.0. The Morgan fingerprint density at radius 1 is 0.226 bits per heavy atom. The monoisotopic (exact) mass is 1240 g/mol. The highest BCUT2D eigenvalue weighted by Gasteiger charge is 2.42. The van der Waals surface area contributed by atoms with Gasteiger partial charge in [-0.2, -0.15) is 0 Å². The van der Waals surface area contributed by atoms with E-state index >= 15 is 0 Å². The van der Waals surface area contributed by atoms with E-state index in [9.17, 15) is 38.4 Å². The molecular formula is C81H84N4O8. The Hall–Kier alpha value is -8.64. The summed E-state index contributed by atoms with van der Waals surface area (Å²) < 4.78 is 0. The van der Waals surface area contributed by atoms with E-state index in [1.54, 1.807) is 9.80 Å². The number of hydrogen-bond acceptors (Lipinski definition) is 8. The molecule has 476 valence electrons. The quantitative estimate of drug-likeness (QED) is 0.0187. The molecule has 0 aromatic heterocycles. The maximum atomic E-state index is 14.7. The molecule has 12 heteroatoms. The molecule has 0 fully saturated rings. The van der Waals surface area contributed by atoms with E-state index in [1.807, 2.05) is 97.1 Å². The maximum absolute atomic E-state index is 14.7. The van der Waals surface area contributed by atoms with Gasteiger partial charge in [0.2, 0.25) is 0 Å². The van der Waals surface area contributed by atoms with Gasteiger partial charge in [0, 0.05) is 91.2 Å². The zero-order chi connectivity index (χ0) is 64.3. The molecule has 0 unspecified atom stereocenters. The first-order valence-corrected chi connectivity index (χ1v) is 35.3. The van der Waals surface area contributed by atoms with Crippen LogP contribution in [0.2, 0.25) is 0 Å². The van der Waals surface area contributed by atoms with Gasteiger partial charge in [-0.3, -0.25) is 58.0 Å². The Morgan fingerprint density at radius 2 is 0.419 bits per heavy atom. The van der Waals surface area contributed by atoms with Crippen LogP contribution in [0.1, 0.15) is 271 Å². The van der Waals surface area contributed by atoms with Gasteiger partial charge in [-0.05, 0) is 152 Å². The number of unbranched alkanes of at least 4 members (excludes halogenated alkanes) is 16. The lowest BCUT2D eigenvalue weighted by atomic mass is 9.82. The molecule has 0 N–H and O–H groups in total. The Bertz CT molecular complexity index is 4170. The lowest BCUT2D eigenvalue weighted by Gasteiger charge is -2.35. The maximum Gasteiger partial charge on any atom is 0.261 e. The second-order valence-corrected chi connectivity index (χ2v) is 27.2. The van der Waals surface area contributed by atoms with Crippen molar-refractivity contribution in [2.75, 3.05) is 13.1 Å². The van der Waals surface area contributed by atoms with Crippen LogP contribution in [0.15, 0.2) is 97.1 Å². The van der Waals surface area contributed by atoms with E-state index in [-0.39, 0.29) is 72.4 Å². The molecule has 0 atom stereocenters. The van der Waals surface area contributed by atoms with Crippen molar-refractivity contribution in [3.05, 3.63) is 142 Å². The van der Waals surface area contributed by atoms with Crippen LogP contribution in [0.3, 0.4) is 0 Å². The number of nitrogens with zero attached hydrogens (tertiary/aromatic N) is 4. The van der Waals surface area contributed by atoms with Crippen molar-refractivity contribution in [3.63, 3.8) is 0 Å². The molecule has 0 saturated heterocycles. The van der Waals surface area contributed by atoms with Gasteiger partial charge in [-0.15, -0.1) is 0 Å². The van der Waals surface area contributed by atoms with Crippen LogP contribution >= 0.6 is 0 Å². The highest BCUT2D eigenvalue weighted by Crippen LogP contribution is 2.49. The highest BCUT2D eigenvalue weighted by molar-refractivity contribution is 6.43. The van der Waals surface area contributed by atoms with Crippen molar-refractivity contribution in [1.29, 1.82) is 0 Å². The van der Waals surface area contributed by atoms with Crippen LogP contribution in [0, 0.1) is 0 Å². The molecule has 0 bridgehead atoms. The number of imide groups is 4. The molecule has 4 heterocycles. The van der Waals surface area contributed by atoms with Crippen LogP contribution in [0.25, 0.3) is 86.2 Å². The Morgan fingerprint density at radius 3 is 0.634 bits per heavy atom. The summed E-state index contributed by atoms with van der Waals surface area (Å²) in [6.45, 7) is 9.25. The predicted molar refractivity (Wildman–Crippen MR) is 373 cm³/mol. The van der Waals surface area contributed by atoms with Crippen LogP contribution in [0.5, 0.6) is 0 Å². The van der Waals surface area contributed by atoms with Gasteiger partial charge in [0.15, 0.2) is 0 Å². The van der Waals surface area contributed by atoms with Crippen molar-refractivity contribution >= 4 is 133 Å². The Balaban J connectivity index is 0.644. The summed E-state index contributed by atoms with van der Waals surface area (Å²) in [6.07, 6.45) is 23.8. The fraction of sp³-hybridized carbons (Fsp3) is 0.407. The number of benzene rings is 10. The molecular weight excluding hydrogens is 1160 g/mol. The summed E-state index contributed by atoms with van der Waals surface area (Å²) >= 11 is 0. The molecule has 12 nitrogen and oxygen atoms in total. The van der Waals surface area contributed by atoms with Gasteiger partial charge in [0.05, 0.1) is 0 Å². The molecule has 8 amide bonds. The highest BCUT2D eigenvalue weighted by atomic mass is 16.2. The fourth-order valence-electron chi connectivity index (χ4n) is 16.8. The van der Waals surface area contributed by atoms with E-state index in [4.69, 9.17) is 0 Å². The molecule has 93 heavy (non-hydrogen) atoms. The third-order valence-corrected chi connectivity index (χ3v) is 21.6. The minimum Gasteiger partial charge on any atom is -0.274 e. The van der Waals surface area contributed by atoms with Gasteiger partial charge in [-0.1, -0.05) is 198 Å². The van der Waals surface area contributed by atoms with E-state index in [0.29, 0.717) is 78.9 Å². The molecule has 14 rings (SSSR count). The zero-order valence-electron chi connectivity index (χ0n) is 54.5. The van der Waals surface area contributed by atoms with E-state index in [2.05, 4.69) is 27.7 Å². The average molecular weight is 1240 g/mol. The summed E-state index contributed by atoms with van der Waals surface area (Å²) in [5.41, 5.74) is 4.05. The minimum absolute atomic E-state index is 0.160. The second-order valence-electron chi connectivity index (χ2n) is 27.2. The zero-order valence-corrected chi connectivity index (χ0v) is 54.5. The van der Waals surface area contributed by atoms with Crippen molar-refractivity contribution in [1.82, 2.24) is 19.6 Å². The molecule has 4 aliphatic rings. The van der Waals surface area contributed by atoms with Crippen LogP contribution < -0.4 is 0 Å². The second kappa shape index (κ2) is 25.7. The molecule has 0 aliphatic carbocycles. The van der Waals surface area contributed by atoms with Crippen LogP contribution in [-0.2, 0) is 0 Å². The average Bonchev–Trinajstić information content (AvgIpc) is 0.699. The van der Waals surface area contributed by atoms with Gasteiger partial charge in [0.1, 0.15) is 0 Å². The number of carbonyl (C=O) groups excluding carboxylic acids is 8. The third-order valence-electron chi connectivity index (χ3n) is 21.6. The fourth-order valence-corrected chi connectivity index (χ4v) is 16.8. The first kappa shape index (κ1) is 61.8. The Labute approximate surface area is 543 Å². The smallest absolute Gasteiger partial charge is 0.261 e. The summed E-state index contributed by atoms with van der Waals surface area (Å²) in [5, 5.41) is 12.9. The third kappa shape index (κ3) is 10.1. The van der Waals surface area contributed by atoms with Gasteiger partial charge in [-0.25, -0.2) is 0 Å². The minimum atomic E-state index is -0.334. The van der Waals surface area contributed by atoms with Gasteiger partial charge >= 0.3 is 0 Å². The SMILES string of the molecule is CCCCCCC(CCCCCC)N1C(=O)c2ccc3c4ccc5c6c(ccc(c7ccc(c2c37)C1=O)c64)C(=O)N(CCCCCCCN1C(=O)c2ccc3c4ccc6c7c(ccc(c8ccc(c2c38)C1=O)c74)C(=O)N(C(CCCCCC)CCCCCC)C6=O)C5=O. The van der Waals surface area contributed by atoms with Crippen molar-refractivity contribution in [2.24, 2.45) is 0 Å². The first-order chi connectivity index (χ1) is 45.4. The lowest BCUT2D eigenvalue weighted by molar-refractivity contribution is 0.0501. The van der Waals surface area contributed by atoms with Crippen molar-refractivity contribution < 1.29 is 38.4 Å². The lowest BCUT2D eigenvalue weighted by Crippen LogP contribution is -2.47. The van der Waals surface area contributed by atoms with Crippen molar-refractivity contribution in [2.45, 2.75) is 200 Å².